The Morgan fingerprint density at radius 2 is 2.38 bits per heavy atom. The summed E-state index contributed by atoms with van der Waals surface area (Å²) in [6.45, 7) is 0. The van der Waals surface area contributed by atoms with Crippen molar-refractivity contribution in [3.05, 3.63) is 18.0 Å². The predicted octanol–water partition coefficient (Wildman–Crippen LogP) is -1.02. The average Bonchev–Trinajstić information content (AvgIpc) is 2.67. The van der Waals surface area contributed by atoms with Crippen LogP contribution in [0.1, 0.15) is 11.8 Å². The molecule has 0 spiro atoms. The van der Waals surface area contributed by atoms with Crippen LogP contribution >= 0.6 is 0 Å². The molecule has 0 saturated heterocycles. The number of methoxy groups -OCH3 is 1. The fourth-order valence-corrected chi connectivity index (χ4v) is 0.851. The molecule has 0 aliphatic heterocycles. The minimum absolute atomic E-state index is 0.262. The Bertz CT molecular complexity index is 272. The highest BCUT2D eigenvalue weighted by Crippen LogP contribution is 2.14. The molecule has 72 valence electrons. The summed E-state index contributed by atoms with van der Waals surface area (Å²) >= 11 is 0. The van der Waals surface area contributed by atoms with Gasteiger partial charge in [0.25, 0.3) is 0 Å². The Morgan fingerprint density at radius 3 is 2.85 bits per heavy atom. The lowest BCUT2D eigenvalue weighted by Gasteiger charge is -2.13. The van der Waals surface area contributed by atoms with Crippen LogP contribution in [0.4, 0.5) is 0 Å². The molecule has 0 fully saturated rings. The molecular weight excluding hydrogens is 176 g/mol. The van der Waals surface area contributed by atoms with Crippen LogP contribution in [0.5, 0.6) is 0 Å². The largest absolute Gasteiger partial charge is 0.467 e. The maximum atomic E-state index is 10.8. The maximum Gasteiger partial charge on any atom is 0.337 e. The van der Waals surface area contributed by atoms with Gasteiger partial charge in [-0.2, -0.15) is 5.10 Å². The van der Waals surface area contributed by atoms with Gasteiger partial charge in [0, 0.05) is 6.20 Å². The second-order valence-electron chi connectivity index (χ2n) is 2.42. The van der Waals surface area contributed by atoms with Crippen LogP contribution in [0.3, 0.4) is 0 Å². The van der Waals surface area contributed by atoms with Gasteiger partial charge < -0.3 is 14.9 Å². The van der Waals surface area contributed by atoms with Crippen LogP contribution in [-0.4, -0.2) is 39.6 Å². The first-order valence-electron chi connectivity index (χ1n) is 3.60. The first-order valence-corrected chi connectivity index (χ1v) is 3.60. The number of aromatic nitrogens is 2. The molecule has 0 saturated carbocycles. The van der Waals surface area contributed by atoms with E-state index in [0.717, 1.165) is 7.11 Å². The van der Waals surface area contributed by atoms with E-state index >= 15 is 0 Å². The predicted molar refractivity (Wildman–Crippen MR) is 41.6 cm³/mol. The highest BCUT2D eigenvalue weighted by Gasteiger charge is 2.27. The van der Waals surface area contributed by atoms with Crippen molar-refractivity contribution >= 4 is 5.97 Å². The van der Waals surface area contributed by atoms with Crippen molar-refractivity contribution in [1.29, 1.82) is 0 Å². The topological polar surface area (TPSA) is 95.4 Å². The van der Waals surface area contributed by atoms with Gasteiger partial charge in [-0.25, -0.2) is 4.79 Å². The lowest BCUT2D eigenvalue weighted by molar-refractivity contribution is -0.157. The normalized spacial score (nSPS) is 15.0. The van der Waals surface area contributed by atoms with Crippen LogP contribution in [0.15, 0.2) is 12.3 Å². The van der Waals surface area contributed by atoms with Crippen molar-refractivity contribution in [2.75, 3.05) is 7.11 Å². The number of hydrogen-bond donors (Lipinski definition) is 3. The van der Waals surface area contributed by atoms with Gasteiger partial charge in [0.05, 0.1) is 12.8 Å². The molecule has 1 aromatic heterocycles. The second kappa shape index (κ2) is 4.01. The molecular formula is C7H10N2O4. The third-order valence-corrected chi connectivity index (χ3v) is 1.58. The van der Waals surface area contributed by atoms with Crippen molar-refractivity contribution in [1.82, 2.24) is 10.2 Å². The van der Waals surface area contributed by atoms with E-state index in [1.54, 1.807) is 0 Å². The van der Waals surface area contributed by atoms with Gasteiger partial charge in [-0.15, -0.1) is 0 Å². The summed E-state index contributed by atoms with van der Waals surface area (Å²) < 4.78 is 4.25. The number of aliphatic hydroxyl groups is 2. The second-order valence-corrected chi connectivity index (χ2v) is 2.42. The molecule has 2 unspecified atom stereocenters. The monoisotopic (exact) mass is 186 g/mol. The van der Waals surface area contributed by atoms with Gasteiger partial charge in [0.2, 0.25) is 0 Å². The lowest BCUT2D eigenvalue weighted by atomic mass is 10.1. The number of hydrogen-bond acceptors (Lipinski definition) is 5. The smallest absolute Gasteiger partial charge is 0.337 e. The minimum Gasteiger partial charge on any atom is -0.467 e. The van der Waals surface area contributed by atoms with E-state index in [4.69, 9.17) is 0 Å². The van der Waals surface area contributed by atoms with E-state index in [9.17, 15) is 15.0 Å². The van der Waals surface area contributed by atoms with Crippen LogP contribution in [0, 0.1) is 0 Å². The number of aromatic amines is 1. The Balaban J connectivity index is 2.68. The number of rotatable bonds is 3. The number of H-pyrrole nitrogens is 1. The fraction of sp³-hybridized carbons (Fsp3) is 0.429. The number of aliphatic hydroxyl groups excluding tert-OH is 2. The zero-order chi connectivity index (χ0) is 9.84. The van der Waals surface area contributed by atoms with Crippen molar-refractivity contribution in [3.8, 4) is 0 Å². The minimum atomic E-state index is -1.59. The Morgan fingerprint density at radius 1 is 1.69 bits per heavy atom. The quantitative estimate of drug-likeness (QED) is 0.525. The number of esters is 1. The fourth-order valence-electron chi connectivity index (χ4n) is 0.851. The zero-order valence-corrected chi connectivity index (χ0v) is 6.97. The highest BCUT2D eigenvalue weighted by molar-refractivity contribution is 5.75. The van der Waals surface area contributed by atoms with Crippen LogP contribution in [-0.2, 0) is 9.53 Å². The molecule has 0 aliphatic rings. The molecule has 1 aromatic rings. The molecule has 3 N–H and O–H groups in total. The third-order valence-electron chi connectivity index (χ3n) is 1.58. The molecule has 13 heavy (non-hydrogen) atoms. The number of carbonyl (C=O) groups is 1. The molecule has 0 amide bonds. The van der Waals surface area contributed by atoms with Crippen molar-refractivity contribution in [2.24, 2.45) is 0 Å². The average molecular weight is 186 g/mol. The van der Waals surface area contributed by atoms with Gasteiger partial charge in [-0.05, 0) is 6.07 Å². The van der Waals surface area contributed by atoms with Gasteiger partial charge in [-0.3, -0.25) is 5.10 Å². The van der Waals surface area contributed by atoms with Gasteiger partial charge in [-0.1, -0.05) is 0 Å². The summed E-state index contributed by atoms with van der Waals surface area (Å²) in [4.78, 5) is 10.8. The van der Waals surface area contributed by atoms with Gasteiger partial charge in [0.1, 0.15) is 6.10 Å². The summed E-state index contributed by atoms with van der Waals surface area (Å²) in [6, 6.07) is 1.46. The highest BCUT2D eigenvalue weighted by atomic mass is 16.5. The van der Waals surface area contributed by atoms with E-state index in [-0.39, 0.29) is 5.69 Å². The summed E-state index contributed by atoms with van der Waals surface area (Å²) in [5.74, 6) is -0.887. The van der Waals surface area contributed by atoms with E-state index in [0.29, 0.717) is 0 Å². The van der Waals surface area contributed by atoms with Crippen LogP contribution in [0.2, 0.25) is 0 Å². The number of ether oxygens (including phenoxy) is 1. The van der Waals surface area contributed by atoms with E-state index < -0.39 is 18.2 Å². The number of nitrogens with one attached hydrogen (secondary N) is 1. The maximum absolute atomic E-state index is 10.8. The Hall–Kier alpha value is -1.40. The number of carbonyl (C=O) groups excluding carboxylic acids is 1. The standard InChI is InChI=1S/C7H10N2O4/c1-13-7(12)6(11)5(10)4-2-3-8-9-4/h2-3,5-6,10-11H,1H3,(H,8,9). The molecule has 0 aliphatic carbocycles. The van der Waals surface area contributed by atoms with E-state index in [1.807, 2.05) is 0 Å². The molecule has 6 heteroatoms. The molecule has 0 aromatic carbocycles. The molecule has 1 heterocycles. The summed E-state index contributed by atoms with van der Waals surface area (Å²) in [7, 11) is 1.13. The summed E-state index contributed by atoms with van der Waals surface area (Å²) in [5.41, 5.74) is 0.262. The first kappa shape index (κ1) is 9.69. The number of nitrogens with zero attached hydrogens (tertiary/aromatic N) is 1. The van der Waals surface area contributed by atoms with Crippen molar-refractivity contribution < 1.29 is 19.7 Å². The summed E-state index contributed by atoms with van der Waals surface area (Å²) in [5, 5.41) is 24.5. The molecule has 0 radical (unpaired) electrons. The first-order chi connectivity index (χ1) is 6.16. The van der Waals surface area contributed by atoms with Crippen molar-refractivity contribution in [2.45, 2.75) is 12.2 Å². The van der Waals surface area contributed by atoms with Crippen molar-refractivity contribution in [3.63, 3.8) is 0 Å². The van der Waals surface area contributed by atoms with E-state index in [1.165, 1.54) is 12.3 Å². The molecule has 1 rings (SSSR count). The molecule has 6 nitrogen and oxygen atoms in total. The van der Waals surface area contributed by atoms with Gasteiger partial charge >= 0.3 is 5.97 Å². The van der Waals surface area contributed by atoms with Crippen LogP contribution < -0.4 is 0 Å². The SMILES string of the molecule is COC(=O)C(O)C(O)c1ccn[nH]1. The Labute approximate surface area is 74.2 Å². The zero-order valence-electron chi connectivity index (χ0n) is 6.97. The lowest BCUT2D eigenvalue weighted by Crippen LogP contribution is -2.29. The Kier molecular flexibility index (Phi) is 2.99. The van der Waals surface area contributed by atoms with Gasteiger partial charge in [0.15, 0.2) is 6.10 Å². The third kappa shape index (κ3) is 2.04. The van der Waals surface area contributed by atoms with E-state index in [2.05, 4.69) is 14.9 Å². The summed E-state index contributed by atoms with van der Waals surface area (Å²) in [6.07, 6.45) is -1.52. The molecule has 2 atom stereocenters. The van der Waals surface area contributed by atoms with Crippen LogP contribution in [0.25, 0.3) is 0 Å². The molecule has 0 bridgehead atoms.